The highest BCUT2D eigenvalue weighted by Gasteiger charge is 2.51. The first-order chi connectivity index (χ1) is 14.1. The molecule has 6 heteroatoms. The van der Waals surface area contributed by atoms with E-state index in [4.69, 9.17) is 23.7 Å². The van der Waals surface area contributed by atoms with E-state index in [1.807, 2.05) is 12.1 Å². The first kappa shape index (κ1) is 18.7. The number of rotatable bonds is 6. The number of carbonyl (C=O) groups excluding carboxylic acids is 1. The van der Waals surface area contributed by atoms with Crippen LogP contribution >= 0.6 is 0 Å². The van der Waals surface area contributed by atoms with E-state index in [0.717, 1.165) is 0 Å². The normalized spacial score (nSPS) is 17.3. The highest BCUT2D eigenvalue weighted by molar-refractivity contribution is 5.95. The molecule has 1 heterocycles. The predicted octanol–water partition coefficient (Wildman–Crippen LogP) is 4.16. The molecule has 0 fully saturated rings. The summed E-state index contributed by atoms with van der Waals surface area (Å²) in [6, 6.07) is 19.5. The standard InChI is InChI=1S/C23H20O6/c1-25-15-8-10-16(11-9-15)28-23(19-7-5-4-6-18(19)22(24)29-23)20-14-17(26-2)12-13-21(20)27-3/h4-14H,1-3H3/t23-/m1/s1. The molecule has 3 aromatic rings. The average Bonchev–Trinajstić information content (AvgIpc) is 3.06. The van der Waals surface area contributed by atoms with Gasteiger partial charge in [-0.1, -0.05) is 12.1 Å². The van der Waals surface area contributed by atoms with Crippen LogP contribution in [0.1, 0.15) is 21.5 Å². The van der Waals surface area contributed by atoms with Gasteiger partial charge in [0, 0.05) is 0 Å². The summed E-state index contributed by atoms with van der Waals surface area (Å²) >= 11 is 0. The van der Waals surface area contributed by atoms with Crippen LogP contribution < -0.4 is 18.9 Å². The number of fused-ring (bicyclic) bond motifs is 1. The van der Waals surface area contributed by atoms with Crippen LogP contribution in [0.4, 0.5) is 0 Å². The summed E-state index contributed by atoms with van der Waals surface area (Å²) < 4.78 is 28.4. The summed E-state index contributed by atoms with van der Waals surface area (Å²) in [5.41, 5.74) is 1.55. The molecule has 6 nitrogen and oxygen atoms in total. The third kappa shape index (κ3) is 3.12. The second kappa shape index (κ2) is 7.39. The Labute approximate surface area is 168 Å². The maximum Gasteiger partial charge on any atom is 0.342 e. The Hall–Kier alpha value is -3.67. The van der Waals surface area contributed by atoms with Crippen LogP contribution in [0.25, 0.3) is 0 Å². The second-order valence-electron chi connectivity index (χ2n) is 6.40. The number of ether oxygens (including phenoxy) is 5. The lowest BCUT2D eigenvalue weighted by molar-refractivity contribution is -0.109. The van der Waals surface area contributed by atoms with Crippen LogP contribution in [0.3, 0.4) is 0 Å². The van der Waals surface area contributed by atoms with Gasteiger partial charge in [-0.3, -0.25) is 0 Å². The molecule has 0 unspecified atom stereocenters. The summed E-state index contributed by atoms with van der Waals surface area (Å²) in [6.45, 7) is 0. The minimum Gasteiger partial charge on any atom is -0.497 e. The minimum atomic E-state index is -1.53. The topological polar surface area (TPSA) is 63.2 Å². The second-order valence-corrected chi connectivity index (χ2v) is 6.40. The van der Waals surface area contributed by atoms with Gasteiger partial charge in [0.05, 0.1) is 38.0 Å². The maximum atomic E-state index is 12.7. The molecule has 0 bridgehead atoms. The van der Waals surface area contributed by atoms with Crippen LogP contribution in [0.5, 0.6) is 23.0 Å². The van der Waals surface area contributed by atoms with E-state index >= 15 is 0 Å². The van der Waals surface area contributed by atoms with Gasteiger partial charge in [-0.2, -0.15) is 0 Å². The van der Waals surface area contributed by atoms with Crippen molar-refractivity contribution < 1.29 is 28.5 Å². The zero-order valence-electron chi connectivity index (χ0n) is 16.3. The van der Waals surface area contributed by atoms with E-state index in [9.17, 15) is 4.79 Å². The molecule has 1 aliphatic rings. The van der Waals surface area contributed by atoms with Crippen molar-refractivity contribution in [1.29, 1.82) is 0 Å². The lowest BCUT2D eigenvalue weighted by Gasteiger charge is -2.31. The Morgan fingerprint density at radius 3 is 2.07 bits per heavy atom. The summed E-state index contributed by atoms with van der Waals surface area (Å²) in [6.07, 6.45) is 0. The van der Waals surface area contributed by atoms with E-state index in [2.05, 4.69) is 0 Å². The molecule has 0 spiro atoms. The number of carbonyl (C=O) groups is 1. The molecule has 0 saturated heterocycles. The van der Waals surface area contributed by atoms with Crippen LogP contribution in [0.15, 0.2) is 66.7 Å². The summed E-state index contributed by atoms with van der Waals surface area (Å²) in [4.78, 5) is 12.7. The number of esters is 1. The molecule has 0 saturated carbocycles. The average molecular weight is 392 g/mol. The molecule has 29 heavy (non-hydrogen) atoms. The van der Waals surface area contributed by atoms with Crippen LogP contribution in [0.2, 0.25) is 0 Å². The van der Waals surface area contributed by atoms with E-state index in [0.29, 0.717) is 39.7 Å². The maximum absolute atomic E-state index is 12.7. The Kier molecular flexibility index (Phi) is 4.76. The monoisotopic (exact) mass is 392 g/mol. The van der Waals surface area contributed by atoms with E-state index in [1.165, 1.54) is 0 Å². The van der Waals surface area contributed by atoms with Gasteiger partial charge in [0.1, 0.15) is 23.0 Å². The molecular weight excluding hydrogens is 372 g/mol. The minimum absolute atomic E-state index is 0.436. The summed E-state index contributed by atoms with van der Waals surface area (Å²) in [5, 5.41) is 0. The lowest BCUT2D eigenvalue weighted by atomic mass is 9.94. The first-order valence-corrected chi connectivity index (χ1v) is 8.99. The lowest BCUT2D eigenvalue weighted by Crippen LogP contribution is -2.35. The van der Waals surface area contributed by atoms with Crippen molar-refractivity contribution in [3.05, 3.63) is 83.4 Å². The molecule has 0 radical (unpaired) electrons. The molecule has 3 aromatic carbocycles. The Morgan fingerprint density at radius 1 is 0.724 bits per heavy atom. The highest BCUT2D eigenvalue weighted by atomic mass is 16.7. The summed E-state index contributed by atoms with van der Waals surface area (Å²) in [5.74, 6) is 0.276. The van der Waals surface area contributed by atoms with E-state index in [1.54, 1.807) is 75.9 Å². The van der Waals surface area contributed by atoms with Crippen molar-refractivity contribution in [2.45, 2.75) is 5.79 Å². The van der Waals surface area contributed by atoms with Gasteiger partial charge in [0.15, 0.2) is 0 Å². The Bertz CT molecular complexity index is 1040. The zero-order chi connectivity index (χ0) is 20.4. The number of benzene rings is 3. The van der Waals surface area contributed by atoms with Gasteiger partial charge < -0.3 is 23.7 Å². The predicted molar refractivity (Wildman–Crippen MR) is 106 cm³/mol. The molecule has 0 aromatic heterocycles. The van der Waals surface area contributed by atoms with Crippen LogP contribution in [-0.4, -0.2) is 27.3 Å². The molecule has 4 rings (SSSR count). The fraction of sp³-hybridized carbons (Fsp3) is 0.174. The first-order valence-electron chi connectivity index (χ1n) is 8.99. The Balaban J connectivity index is 1.93. The van der Waals surface area contributed by atoms with Gasteiger partial charge in [-0.15, -0.1) is 0 Å². The largest absolute Gasteiger partial charge is 0.497 e. The quantitative estimate of drug-likeness (QED) is 0.587. The molecule has 0 N–H and O–H groups in total. The highest BCUT2D eigenvalue weighted by Crippen LogP contribution is 2.47. The van der Waals surface area contributed by atoms with Crippen LogP contribution in [-0.2, 0) is 10.5 Å². The number of hydrogen-bond acceptors (Lipinski definition) is 6. The number of cyclic esters (lactones) is 1. The molecular formula is C23H20O6. The summed E-state index contributed by atoms with van der Waals surface area (Å²) in [7, 11) is 4.71. The molecule has 0 aliphatic carbocycles. The van der Waals surface area contributed by atoms with E-state index < -0.39 is 11.8 Å². The number of hydrogen-bond donors (Lipinski definition) is 0. The molecule has 1 atom stereocenters. The van der Waals surface area contributed by atoms with Crippen molar-refractivity contribution in [1.82, 2.24) is 0 Å². The smallest absolute Gasteiger partial charge is 0.342 e. The zero-order valence-corrected chi connectivity index (χ0v) is 16.3. The van der Waals surface area contributed by atoms with Crippen molar-refractivity contribution in [2.75, 3.05) is 21.3 Å². The van der Waals surface area contributed by atoms with Gasteiger partial charge in [-0.05, 0) is 54.6 Å². The van der Waals surface area contributed by atoms with Crippen molar-refractivity contribution >= 4 is 5.97 Å². The van der Waals surface area contributed by atoms with Gasteiger partial charge >= 0.3 is 11.8 Å². The third-order valence-corrected chi connectivity index (χ3v) is 4.82. The molecule has 0 amide bonds. The van der Waals surface area contributed by atoms with Gasteiger partial charge in [0.25, 0.3) is 0 Å². The van der Waals surface area contributed by atoms with Crippen molar-refractivity contribution in [3.8, 4) is 23.0 Å². The third-order valence-electron chi connectivity index (χ3n) is 4.82. The number of methoxy groups -OCH3 is 3. The Morgan fingerprint density at radius 2 is 1.38 bits per heavy atom. The van der Waals surface area contributed by atoms with Crippen molar-refractivity contribution in [3.63, 3.8) is 0 Å². The van der Waals surface area contributed by atoms with Crippen molar-refractivity contribution in [2.24, 2.45) is 0 Å². The van der Waals surface area contributed by atoms with Gasteiger partial charge in [0.2, 0.25) is 0 Å². The molecule has 148 valence electrons. The van der Waals surface area contributed by atoms with Gasteiger partial charge in [-0.25, -0.2) is 4.79 Å². The molecule has 1 aliphatic heterocycles. The fourth-order valence-corrected chi connectivity index (χ4v) is 3.40. The SMILES string of the molecule is COc1ccc(O[C@@]2(c3cc(OC)ccc3OC)OC(=O)c3ccccc32)cc1. The van der Waals surface area contributed by atoms with E-state index in [-0.39, 0.29) is 0 Å². The van der Waals surface area contributed by atoms with Crippen LogP contribution in [0, 0.1) is 0 Å². The fourth-order valence-electron chi connectivity index (χ4n) is 3.40.